The SMILES string of the molecule is C#CCCC(NC(=O)C1CCCN1C(=O)C(NC(=O)NC)C(CCC)CCC)C(=O)C(=O)NCC=C. The van der Waals surface area contributed by atoms with Crippen LogP contribution in [0.2, 0.25) is 0 Å². The van der Waals surface area contributed by atoms with Crippen LogP contribution < -0.4 is 21.3 Å². The molecule has 3 unspecified atom stereocenters. The van der Waals surface area contributed by atoms with Gasteiger partial charge in [-0.15, -0.1) is 18.9 Å². The maximum atomic E-state index is 13.7. The molecule has 0 saturated carbocycles. The second kappa shape index (κ2) is 16.3. The van der Waals surface area contributed by atoms with Crippen molar-refractivity contribution in [3.05, 3.63) is 12.7 Å². The zero-order valence-corrected chi connectivity index (χ0v) is 21.7. The van der Waals surface area contributed by atoms with Gasteiger partial charge in [-0.1, -0.05) is 32.8 Å². The van der Waals surface area contributed by atoms with Crippen molar-refractivity contribution >= 4 is 29.5 Å². The van der Waals surface area contributed by atoms with Crippen molar-refractivity contribution in [3.8, 4) is 12.3 Å². The van der Waals surface area contributed by atoms with Gasteiger partial charge < -0.3 is 26.2 Å². The maximum Gasteiger partial charge on any atom is 0.315 e. The van der Waals surface area contributed by atoms with Gasteiger partial charge in [0.25, 0.3) is 5.91 Å². The number of carbonyl (C=O) groups is 5. The van der Waals surface area contributed by atoms with Crippen molar-refractivity contribution in [1.82, 2.24) is 26.2 Å². The molecule has 0 radical (unpaired) electrons. The quantitative estimate of drug-likeness (QED) is 0.152. The first-order valence-electron chi connectivity index (χ1n) is 12.7. The number of hydrogen-bond acceptors (Lipinski definition) is 5. The summed E-state index contributed by atoms with van der Waals surface area (Å²) in [4.78, 5) is 65.4. The van der Waals surface area contributed by atoms with Gasteiger partial charge in [-0.25, -0.2) is 4.79 Å². The van der Waals surface area contributed by atoms with E-state index in [4.69, 9.17) is 6.42 Å². The van der Waals surface area contributed by atoms with Crippen LogP contribution in [0.25, 0.3) is 0 Å². The summed E-state index contributed by atoms with van der Waals surface area (Å²) in [5, 5.41) is 10.3. The lowest BCUT2D eigenvalue weighted by Crippen LogP contribution is -2.58. The Labute approximate surface area is 214 Å². The Hall–Kier alpha value is -3.35. The van der Waals surface area contributed by atoms with Crippen LogP contribution in [0.3, 0.4) is 0 Å². The molecule has 0 aromatic rings. The molecule has 3 atom stereocenters. The summed E-state index contributed by atoms with van der Waals surface area (Å²) in [6, 6.07) is -3.16. The summed E-state index contributed by atoms with van der Waals surface area (Å²) < 4.78 is 0. The molecule has 10 heteroatoms. The molecule has 0 aromatic heterocycles. The number of urea groups is 1. The number of ketones is 1. The van der Waals surface area contributed by atoms with Crippen LogP contribution in [0.5, 0.6) is 0 Å². The summed E-state index contributed by atoms with van der Waals surface area (Å²) in [6.07, 6.45) is 11.3. The standard InChI is InChI=1S/C26H41N5O5/c1-6-10-14-19(22(32)24(34)28-16-9-4)29-23(33)20-15-11-17-31(20)25(35)21(30-26(36)27-5)18(12-7-2)13-8-3/h1,9,18-21H,4,7-8,10-17H2,2-3,5H3,(H,28,34)(H,29,33)(H2,27,30,36). The van der Waals surface area contributed by atoms with Crippen LogP contribution in [-0.2, 0) is 19.2 Å². The topological polar surface area (TPSA) is 137 Å². The predicted molar refractivity (Wildman–Crippen MR) is 138 cm³/mol. The van der Waals surface area contributed by atoms with Crippen LogP contribution in [0.15, 0.2) is 12.7 Å². The highest BCUT2D eigenvalue weighted by Crippen LogP contribution is 2.25. The first kappa shape index (κ1) is 30.7. The van der Waals surface area contributed by atoms with E-state index >= 15 is 0 Å². The van der Waals surface area contributed by atoms with E-state index in [-0.39, 0.29) is 31.2 Å². The van der Waals surface area contributed by atoms with Crippen LogP contribution in [0.1, 0.15) is 65.2 Å². The zero-order chi connectivity index (χ0) is 27.1. The predicted octanol–water partition coefficient (Wildman–Crippen LogP) is 1.26. The lowest BCUT2D eigenvalue weighted by Gasteiger charge is -2.33. The van der Waals surface area contributed by atoms with Gasteiger partial charge in [0.15, 0.2) is 0 Å². The summed E-state index contributed by atoms with van der Waals surface area (Å²) in [6.45, 7) is 8.01. The minimum atomic E-state index is -1.11. The van der Waals surface area contributed by atoms with Gasteiger partial charge in [-0.2, -0.15) is 0 Å². The van der Waals surface area contributed by atoms with Gasteiger partial charge in [0, 0.05) is 26.6 Å². The molecule has 0 aliphatic carbocycles. The Balaban J connectivity index is 3.10. The Morgan fingerprint density at radius 1 is 1.11 bits per heavy atom. The maximum absolute atomic E-state index is 13.7. The Kier molecular flexibility index (Phi) is 13.9. The lowest BCUT2D eigenvalue weighted by molar-refractivity contribution is -0.143. The fraction of sp³-hybridized carbons (Fsp3) is 0.654. The molecule has 1 heterocycles. The van der Waals surface area contributed by atoms with E-state index in [2.05, 4.69) is 33.8 Å². The average molecular weight is 504 g/mol. The normalized spacial score (nSPS) is 16.4. The van der Waals surface area contributed by atoms with Crippen molar-refractivity contribution in [1.29, 1.82) is 0 Å². The highest BCUT2D eigenvalue weighted by molar-refractivity contribution is 6.38. The third-order valence-electron chi connectivity index (χ3n) is 6.25. The van der Waals surface area contributed by atoms with E-state index in [9.17, 15) is 24.0 Å². The fourth-order valence-corrected chi connectivity index (χ4v) is 4.47. The number of terminal acetylenes is 1. The molecule has 1 aliphatic rings. The summed E-state index contributed by atoms with van der Waals surface area (Å²) in [7, 11) is 1.48. The molecule has 1 aliphatic heterocycles. The molecule has 10 nitrogen and oxygen atoms in total. The molecule has 0 bridgehead atoms. The first-order valence-corrected chi connectivity index (χ1v) is 12.7. The molecule has 5 amide bonds. The number of rotatable bonds is 15. The molecule has 200 valence electrons. The van der Waals surface area contributed by atoms with Crippen LogP contribution >= 0.6 is 0 Å². The molecule has 1 saturated heterocycles. The van der Waals surface area contributed by atoms with Crippen molar-refractivity contribution in [2.75, 3.05) is 20.1 Å². The Bertz CT molecular complexity index is 831. The largest absolute Gasteiger partial charge is 0.346 e. The van der Waals surface area contributed by atoms with E-state index in [0.717, 1.165) is 25.7 Å². The van der Waals surface area contributed by atoms with Crippen LogP contribution in [-0.4, -0.2) is 72.7 Å². The van der Waals surface area contributed by atoms with Gasteiger partial charge in [0.05, 0.1) is 6.04 Å². The molecular formula is C26H41N5O5. The van der Waals surface area contributed by atoms with Crippen molar-refractivity contribution in [2.24, 2.45) is 5.92 Å². The molecule has 4 N–H and O–H groups in total. The first-order chi connectivity index (χ1) is 17.2. The summed E-state index contributed by atoms with van der Waals surface area (Å²) in [5.41, 5.74) is 0. The minimum absolute atomic E-state index is 0.0763. The van der Waals surface area contributed by atoms with Crippen molar-refractivity contribution in [3.63, 3.8) is 0 Å². The number of amides is 5. The lowest BCUT2D eigenvalue weighted by atomic mass is 9.89. The number of Topliss-reactive ketones (excluding diaryl/α,β-unsaturated/α-hetero) is 1. The van der Waals surface area contributed by atoms with Crippen LogP contribution in [0.4, 0.5) is 4.79 Å². The molecule has 0 aromatic carbocycles. The number of nitrogens with one attached hydrogen (secondary N) is 4. The van der Waals surface area contributed by atoms with E-state index in [1.54, 1.807) is 0 Å². The van der Waals surface area contributed by atoms with Crippen LogP contribution in [0, 0.1) is 18.3 Å². The number of hydrogen-bond donors (Lipinski definition) is 4. The van der Waals surface area contributed by atoms with Crippen molar-refractivity contribution < 1.29 is 24.0 Å². The monoisotopic (exact) mass is 503 g/mol. The van der Waals surface area contributed by atoms with Gasteiger partial charge in [-0.05, 0) is 38.0 Å². The van der Waals surface area contributed by atoms with E-state index in [1.165, 1.54) is 18.0 Å². The third kappa shape index (κ3) is 9.02. The summed E-state index contributed by atoms with van der Waals surface area (Å²) >= 11 is 0. The molecule has 0 spiro atoms. The van der Waals surface area contributed by atoms with Gasteiger partial charge >= 0.3 is 6.03 Å². The molecule has 36 heavy (non-hydrogen) atoms. The van der Waals surface area contributed by atoms with E-state index < -0.39 is 41.8 Å². The second-order valence-electron chi connectivity index (χ2n) is 8.90. The highest BCUT2D eigenvalue weighted by Gasteiger charge is 2.41. The van der Waals surface area contributed by atoms with Gasteiger partial charge in [-0.3, -0.25) is 19.2 Å². The Morgan fingerprint density at radius 3 is 2.33 bits per heavy atom. The fourth-order valence-electron chi connectivity index (χ4n) is 4.47. The second-order valence-corrected chi connectivity index (χ2v) is 8.90. The summed E-state index contributed by atoms with van der Waals surface area (Å²) in [5.74, 6) is -0.143. The minimum Gasteiger partial charge on any atom is -0.346 e. The van der Waals surface area contributed by atoms with Gasteiger partial charge in [0.1, 0.15) is 12.1 Å². The Morgan fingerprint density at radius 2 is 1.78 bits per heavy atom. The zero-order valence-electron chi connectivity index (χ0n) is 21.7. The third-order valence-corrected chi connectivity index (χ3v) is 6.25. The van der Waals surface area contributed by atoms with E-state index in [1.807, 2.05) is 13.8 Å². The van der Waals surface area contributed by atoms with Crippen molar-refractivity contribution in [2.45, 2.75) is 83.3 Å². The smallest absolute Gasteiger partial charge is 0.315 e. The highest BCUT2D eigenvalue weighted by atomic mass is 16.2. The van der Waals surface area contributed by atoms with Gasteiger partial charge in [0.2, 0.25) is 17.6 Å². The number of carbonyl (C=O) groups excluding carboxylic acids is 5. The van der Waals surface area contributed by atoms with E-state index in [0.29, 0.717) is 19.4 Å². The number of likely N-dealkylation sites (tertiary alicyclic amines) is 1. The molecule has 1 fully saturated rings. The molecular weight excluding hydrogens is 462 g/mol. The number of nitrogens with zero attached hydrogens (tertiary/aromatic N) is 1. The molecule has 1 rings (SSSR count). The average Bonchev–Trinajstić information content (AvgIpc) is 3.37.